The van der Waals surface area contributed by atoms with Crippen molar-refractivity contribution in [3.8, 4) is 11.1 Å². The van der Waals surface area contributed by atoms with Crippen LogP contribution in [-0.4, -0.2) is 30.4 Å². The lowest BCUT2D eigenvalue weighted by atomic mass is 9.98. The van der Waals surface area contributed by atoms with Gasteiger partial charge < -0.3 is 10.6 Å². The van der Waals surface area contributed by atoms with E-state index < -0.39 is 5.82 Å². The molecule has 0 spiro atoms. The monoisotopic (exact) mass is 318 g/mol. The van der Waals surface area contributed by atoms with Crippen LogP contribution in [0.1, 0.15) is 22.8 Å². The molecule has 122 valence electrons. The number of benzene rings is 2. The molecule has 0 heterocycles. The molecule has 1 unspecified atom stereocenters. The first-order chi connectivity index (χ1) is 10.8. The second-order valence-electron chi connectivity index (χ2n) is 5.65. The average molecular weight is 318 g/mol. The van der Waals surface area contributed by atoms with Crippen LogP contribution < -0.4 is 5.73 Å². The van der Waals surface area contributed by atoms with E-state index in [2.05, 4.69) is 0 Å². The fourth-order valence-electron chi connectivity index (χ4n) is 2.36. The molecule has 1 amide bonds. The lowest BCUT2D eigenvalue weighted by Gasteiger charge is -2.23. The van der Waals surface area contributed by atoms with Gasteiger partial charge in [0.15, 0.2) is 0 Å². The fraction of sp³-hybridized carbons (Fsp3) is 0.278. The Balaban J connectivity index is 2.36. The molecule has 0 bridgehead atoms. The zero-order valence-corrected chi connectivity index (χ0v) is 13.4. The summed E-state index contributed by atoms with van der Waals surface area (Å²) >= 11 is 0. The molecule has 0 saturated carbocycles. The van der Waals surface area contributed by atoms with Crippen LogP contribution in [0.25, 0.3) is 11.1 Å². The van der Waals surface area contributed by atoms with Crippen molar-refractivity contribution in [2.24, 2.45) is 5.73 Å². The zero-order chi connectivity index (χ0) is 17.1. The minimum atomic E-state index is -0.514. The van der Waals surface area contributed by atoms with Crippen molar-refractivity contribution in [2.45, 2.75) is 19.9 Å². The molecule has 3 nitrogen and oxygen atoms in total. The third-order valence-corrected chi connectivity index (χ3v) is 4.02. The van der Waals surface area contributed by atoms with Crippen LogP contribution >= 0.6 is 0 Å². The fourth-order valence-corrected chi connectivity index (χ4v) is 2.36. The number of halogens is 2. The van der Waals surface area contributed by atoms with E-state index in [4.69, 9.17) is 5.73 Å². The molecule has 2 N–H and O–H groups in total. The Morgan fingerprint density at radius 1 is 1.17 bits per heavy atom. The number of amides is 1. The highest BCUT2D eigenvalue weighted by Crippen LogP contribution is 2.27. The van der Waals surface area contributed by atoms with Crippen LogP contribution in [0.3, 0.4) is 0 Å². The smallest absolute Gasteiger partial charge is 0.253 e. The summed E-state index contributed by atoms with van der Waals surface area (Å²) in [5, 5.41) is 0. The molecule has 23 heavy (non-hydrogen) atoms. The van der Waals surface area contributed by atoms with E-state index in [1.54, 1.807) is 26.1 Å². The summed E-state index contributed by atoms with van der Waals surface area (Å²) in [5.41, 5.74) is 7.39. The highest BCUT2D eigenvalue weighted by atomic mass is 19.1. The summed E-state index contributed by atoms with van der Waals surface area (Å²) in [4.78, 5) is 13.8. The van der Waals surface area contributed by atoms with Gasteiger partial charge in [-0.25, -0.2) is 8.78 Å². The van der Waals surface area contributed by atoms with Crippen LogP contribution in [-0.2, 0) is 0 Å². The molecule has 0 fully saturated rings. The molecule has 2 aromatic carbocycles. The van der Waals surface area contributed by atoms with E-state index in [1.807, 2.05) is 6.92 Å². The van der Waals surface area contributed by atoms with E-state index >= 15 is 0 Å². The maximum atomic E-state index is 14.4. The van der Waals surface area contributed by atoms with Crippen LogP contribution in [0, 0.1) is 18.6 Å². The number of rotatable bonds is 4. The number of aryl methyl sites for hydroxylation is 1. The van der Waals surface area contributed by atoms with E-state index in [9.17, 15) is 13.6 Å². The Bertz CT molecular complexity index is 731. The summed E-state index contributed by atoms with van der Waals surface area (Å²) in [5.74, 6) is -1.17. The molecule has 5 heteroatoms. The molecule has 2 aromatic rings. The van der Waals surface area contributed by atoms with Crippen molar-refractivity contribution in [1.82, 2.24) is 4.90 Å². The minimum Gasteiger partial charge on any atom is -0.338 e. The van der Waals surface area contributed by atoms with E-state index in [1.165, 1.54) is 29.2 Å². The molecule has 0 aliphatic heterocycles. The normalized spacial score (nSPS) is 12.1. The molecular formula is C18H20F2N2O. The average Bonchev–Trinajstić information content (AvgIpc) is 2.53. The topological polar surface area (TPSA) is 46.3 Å². The van der Waals surface area contributed by atoms with Crippen molar-refractivity contribution in [2.75, 3.05) is 13.6 Å². The Morgan fingerprint density at radius 3 is 2.39 bits per heavy atom. The summed E-state index contributed by atoms with van der Waals surface area (Å²) in [6.07, 6.45) is 0. The van der Waals surface area contributed by atoms with Gasteiger partial charge in [0.1, 0.15) is 11.6 Å². The van der Waals surface area contributed by atoms with Gasteiger partial charge in [0.25, 0.3) is 5.91 Å². The number of hydrogen-bond acceptors (Lipinski definition) is 2. The predicted octanol–water partition coefficient (Wildman–Crippen LogP) is 3.36. The number of likely N-dealkylation sites (N-methyl/N-ethyl adjacent to an activating group) is 1. The highest BCUT2D eigenvalue weighted by molar-refractivity contribution is 5.94. The zero-order valence-electron chi connectivity index (χ0n) is 13.4. The standard InChI is InChI=1S/C18H20F2N2O/c1-11-8-14(19)5-7-15(11)16-6-4-13(9-17(16)20)18(23)22(3)12(2)10-21/h4-9,12H,10,21H2,1-3H3. The number of nitrogens with zero attached hydrogens (tertiary/aromatic N) is 1. The number of carbonyl (C=O) groups excluding carboxylic acids is 1. The van der Waals surface area contributed by atoms with Gasteiger partial charge in [-0.3, -0.25) is 4.79 Å². The van der Waals surface area contributed by atoms with Gasteiger partial charge in [0, 0.05) is 30.8 Å². The van der Waals surface area contributed by atoms with Gasteiger partial charge in [-0.1, -0.05) is 12.1 Å². The van der Waals surface area contributed by atoms with Crippen molar-refractivity contribution in [1.29, 1.82) is 0 Å². The second-order valence-corrected chi connectivity index (χ2v) is 5.65. The molecular weight excluding hydrogens is 298 g/mol. The van der Waals surface area contributed by atoms with Crippen molar-refractivity contribution in [3.05, 3.63) is 59.2 Å². The van der Waals surface area contributed by atoms with E-state index in [0.29, 0.717) is 23.2 Å². The highest BCUT2D eigenvalue weighted by Gasteiger charge is 2.18. The minimum absolute atomic E-state index is 0.135. The lowest BCUT2D eigenvalue weighted by Crippen LogP contribution is -2.39. The molecule has 0 aromatic heterocycles. The van der Waals surface area contributed by atoms with Crippen LogP contribution in [0.5, 0.6) is 0 Å². The summed E-state index contributed by atoms with van der Waals surface area (Å²) in [6.45, 7) is 3.87. The van der Waals surface area contributed by atoms with Crippen molar-refractivity contribution < 1.29 is 13.6 Å². The lowest BCUT2D eigenvalue weighted by molar-refractivity contribution is 0.0748. The first-order valence-electron chi connectivity index (χ1n) is 7.38. The van der Waals surface area contributed by atoms with Crippen LogP contribution in [0.2, 0.25) is 0 Å². The van der Waals surface area contributed by atoms with E-state index in [0.717, 1.165) is 0 Å². The van der Waals surface area contributed by atoms with E-state index in [-0.39, 0.29) is 23.3 Å². The maximum absolute atomic E-state index is 14.4. The Morgan fingerprint density at radius 2 is 1.83 bits per heavy atom. The first kappa shape index (κ1) is 17.1. The third kappa shape index (κ3) is 3.56. The van der Waals surface area contributed by atoms with Crippen molar-refractivity contribution >= 4 is 5.91 Å². The SMILES string of the molecule is Cc1cc(F)ccc1-c1ccc(C(=O)N(C)C(C)CN)cc1F. The predicted molar refractivity (Wildman–Crippen MR) is 87.1 cm³/mol. The van der Waals surface area contributed by atoms with Gasteiger partial charge in [-0.2, -0.15) is 0 Å². The molecule has 0 radical (unpaired) electrons. The first-order valence-corrected chi connectivity index (χ1v) is 7.38. The number of carbonyl (C=O) groups is 1. The molecule has 2 rings (SSSR count). The number of nitrogens with two attached hydrogens (primary N) is 1. The molecule has 0 saturated heterocycles. The summed E-state index contributed by atoms with van der Waals surface area (Å²) < 4.78 is 27.6. The quantitative estimate of drug-likeness (QED) is 0.939. The number of hydrogen-bond donors (Lipinski definition) is 1. The maximum Gasteiger partial charge on any atom is 0.253 e. The third-order valence-electron chi connectivity index (χ3n) is 4.02. The largest absolute Gasteiger partial charge is 0.338 e. The van der Waals surface area contributed by atoms with Crippen molar-refractivity contribution in [3.63, 3.8) is 0 Å². The van der Waals surface area contributed by atoms with Gasteiger partial charge >= 0.3 is 0 Å². The summed E-state index contributed by atoms with van der Waals surface area (Å²) in [6, 6.07) is 8.37. The van der Waals surface area contributed by atoms with Crippen LogP contribution in [0.15, 0.2) is 36.4 Å². The Kier molecular flexibility index (Phi) is 5.11. The van der Waals surface area contributed by atoms with Gasteiger partial charge in [-0.05, 0) is 49.2 Å². The summed E-state index contributed by atoms with van der Waals surface area (Å²) in [7, 11) is 1.63. The second kappa shape index (κ2) is 6.87. The van der Waals surface area contributed by atoms with Gasteiger partial charge in [0.05, 0.1) is 0 Å². The molecule has 0 aliphatic rings. The van der Waals surface area contributed by atoms with Gasteiger partial charge in [-0.15, -0.1) is 0 Å². The Hall–Kier alpha value is -2.27. The molecule has 1 atom stereocenters. The Labute approximate surface area is 134 Å². The van der Waals surface area contributed by atoms with Gasteiger partial charge in [0.2, 0.25) is 0 Å². The molecule has 0 aliphatic carbocycles. The van der Waals surface area contributed by atoms with Crippen LogP contribution in [0.4, 0.5) is 8.78 Å².